The van der Waals surface area contributed by atoms with Crippen molar-refractivity contribution in [2.45, 2.75) is 19.3 Å². The molecule has 0 aliphatic carbocycles. The molecule has 0 aromatic rings. The molecule has 2 heterocycles. The highest BCUT2D eigenvalue weighted by atomic mass is 16.2. The molecule has 1 amide bonds. The van der Waals surface area contributed by atoms with Gasteiger partial charge >= 0.3 is 0 Å². The number of piperidine rings is 1. The highest BCUT2D eigenvalue weighted by Gasteiger charge is 2.19. The maximum atomic E-state index is 11.5. The molecule has 0 aromatic heterocycles. The number of nitrogens with one attached hydrogen (secondary N) is 1. The lowest BCUT2D eigenvalue weighted by Gasteiger charge is -2.30. The number of carbonyl (C=O) groups is 1. The molecule has 0 aromatic carbocycles. The van der Waals surface area contributed by atoms with Crippen LogP contribution >= 0.6 is 0 Å². The van der Waals surface area contributed by atoms with Crippen LogP contribution in [0.5, 0.6) is 0 Å². The highest BCUT2D eigenvalue weighted by molar-refractivity contribution is 5.89. The SMILES string of the molecule is C=NN1CNC(CN2CCCCC2)=CC1=O. The van der Waals surface area contributed by atoms with Gasteiger partial charge in [-0.3, -0.25) is 9.69 Å². The third-order valence-electron chi connectivity index (χ3n) is 3.02. The van der Waals surface area contributed by atoms with E-state index in [9.17, 15) is 4.79 Å². The van der Waals surface area contributed by atoms with Gasteiger partial charge in [0.2, 0.25) is 0 Å². The van der Waals surface area contributed by atoms with Crippen molar-refractivity contribution in [3.8, 4) is 0 Å². The predicted octanol–water partition coefficient (Wildman–Crippen LogP) is 0.361. The molecular formula is C11H18N4O. The van der Waals surface area contributed by atoms with Gasteiger partial charge in [-0.15, -0.1) is 0 Å². The van der Waals surface area contributed by atoms with Gasteiger partial charge in [0.1, 0.15) is 6.67 Å². The van der Waals surface area contributed by atoms with E-state index >= 15 is 0 Å². The minimum absolute atomic E-state index is 0.0826. The van der Waals surface area contributed by atoms with Crippen LogP contribution in [0.15, 0.2) is 16.9 Å². The van der Waals surface area contributed by atoms with Gasteiger partial charge in [0.05, 0.1) is 0 Å². The Labute approximate surface area is 95.8 Å². The van der Waals surface area contributed by atoms with E-state index in [-0.39, 0.29) is 5.91 Å². The summed E-state index contributed by atoms with van der Waals surface area (Å²) in [5.74, 6) is -0.0826. The van der Waals surface area contributed by atoms with Crippen LogP contribution in [0.2, 0.25) is 0 Å². The quantitative estimate of drug-likeness (QED) is 0.701. The van der Waals surface area contributed by atoms with Crippen LogP contribution in [0.25, 0.3) is 0 Å². The third kappa shape index (κ3) is 2.61. The monoisotopic (exact) mass is 222 g/mol. The second-order valence-corrected chi connectivity index (χ2v) is 4.22. The fourth-order valence-electron chi connectivity index (χ4n) is 2.11. The minimum atomic E-state index is -0.0826. The van der Waals surface area contributed by atoms with E-state index in [4.69, 9.17) is 0 Å². The maximum absolute atomic E-state index is 11.5. The maximum Gasteiger partial charge on any atom is 0.270 e. The van der Waals surface area contributed by atoms with Crippen LogP contribution in [-0.4, -0.2) is 48.8 Å². The molecule has 5 heteroatoms. The minimum Gasteiger partial charge on any atom is -0.368 e. The zero-order chi connectivity index (χ0) is 11.4. The predicted molar refractivity (Wildman–Crippen MR) is 62.8 cm³/mol. The van der Waals surface area contributed by atoms with Crippen molar-refractivity contribution in [3.05, 3.63) is 11.8 Å². The normalized spacial score (nSPS) is 22.6. The molecule has 0 saturated carbocycles. The number of hydrogen-bond donors (Lipinski definition) is 1. The second kappa shape index (κ2) is 5.12. The molecule has 88 valence electrons. The molecule has 1 fully saturated rings. The van der Waals surface area contributed by atoms with Crippen LogP contribution < -0.4 is 5.32 Å². The summed E-state index contributed by atoms with van der Waals surface area (Å²) in [7, 11) is 0. The fraction of sp³-hybridized carbons (Fsp3) is 0.636. The summed E-state index contributed by atoms with van der Waals surface area (Å²) in [6, 6.07) is 0. The van der Waals surface area contributed by atoms with Gasteiger partial charge < -0.3 is 5.32 Å². The summed E-state index contributed by atoms with van der Waals surface area (Å²) in [5, 5.41) is 8.13. The van der Waals surface area contributed by atoms with Gasteiger partial charge in [0.15, 0.2) is 0 Å². The zero-order valence-corrected chi connectivity index (χ0v) is 9.48. The van der Waals surface area contributed by atoms with E-state index in [0.29, 0.717) is 6.67 Å². The molecule has 16 heavy (non-hydrogen) atoms. The van der Waals surface area contributed by atoms with Crippen molar-refractivity contribution in [1.29, 1.82) is 0 Å². The smallest absolute Gasteiger partial charge is 0.270 e. The lowest BCUT2D eigenvalue weighted by atomic mass is 10.1. The fourth-order valence-corrected chi connectivity index (χ4v) is 2.11. The van der Waals surface area contributed by atoms with E-state index in [1.54, 1.807) is 6.08 Å². The number of hydrogen-bond acceptors (Lipinski definition) is 4. The van der Waals surface area contributed by atoms with E-state index in [2.05, 4.69) is 22.0 Å². The van der Waals surface area contributed by atoms with Crippen LogP contribution in [0.1, 0.15) is 19.3 Å². The molecule has 2 rings (SSSR count). The van der Waals surface area contributed by atoms with E-state index < -0.39 is 0 Å². The molecule has 2 aliphatic rings. The van der Waals surface area contributed by atoms with Gasteiger partial charge in [-0.05, 0) is 25.9 Å². The summed E-state index contributed by atoms with van der Waals surface area (Å²) in [6.07, 6.45) is 5.48. The van der Waals surface area contributed by atoms with Crippen molar-refractivity contribution >= 4 is 12.6 Å². The third-order valence-corrected chi connectivity index (χ3v) is 3.02. The van der Waals surface area contributed by atoms with Crippen LogP contribution in [-0.2, 0) is 4.79 Å². The van der Waals surface area contributed by atoms with Gasteiger partial charge in [-0.1, -0.05) is 6.42 Å². The number of amides is 1. The number of hydrazone groups is 1. The molecule has 2 aliphatic heterocycles. The van der Waals surface area contributed by atoms with E-state index in [0.717, 1.165) is 25.3 Å². The zero-order valence-electron chi connectivity index (χ0n) is 9.48. The summed E-state index contributed by atoms with van der Waals surface area (Å²) < 4.78 is 0. The molecule has 0 atom stereocenters. The Morgan fingerprint density at radius 2 is 2.12 bits per heavy atom. The number of carbonyl (C=O) groups excluding carboxylic acids is 1. The highest BCUT2D eigenvalue weighted by Crippen LogP contribution is 2.11. The van der Waals surface area contributed by atoms with E-state index in [1.807, 2.05) is 0 Å². The van der Waals surface area contributed by atoms with E-state index in [1.165, 1.54) is 24.3 Å². The first kappa shape index (κ1) is 11.1. The van der Waals surface area contributed by atoms with Gasteiger partial charge in [0.25, 0.3) is 5.91 Å². The molecule has 5 nitrogen and oxygen atoms in total. The Kier molecular flexibility index (Phi) is 3.56. The van der Waals surface area contributed by atoms with Gasteiger partial charge in [0, 0.05) is 25.0 Å². The summed E-state index contributed by atoms with van der Waals surface area (Å²) in [4.78, 5) is 13.9. The van der Waals surface area contributed by atoms with Crippen molar-refractivity contribution in [2.24, 2.45) is 5.10 Å². The largest absolute Gasteiger partial charge is 0.368 e. The van der Waals surface area contributed by atoms with Crippen LogP contribution in [0, 0.1) is 0 Å². The second-order valence-electron chi connectivity index (χ2n) is 4.22. The molecular weight excluding hydrogens is 204 g/mol. The molecule has 1 saturated heterocycles. The van der Waals surface area contributed by atoms with Gasteiger partial charge in [-0.25, -0.2) is 5.01 Å². The summed E-state index contributed by atoms with van der Waals surface area (Å²) in [5.41, 5.74) is 0.992. The molecule has 0 radical (unpaired) electrons. The molecule has 0 unspecified atom stereocenters. The van der Waals surface area contributed by atoms with Crippen molar-refractivity contribution in [1.82, 2.24) is 15.2 Å². The molecule has 0 bridgehead atoms. The molecule has 1 N–H and O–H groups in total. The van der Waals surface area contributed by atoms with Crippen molar-refractivity contribution < 1.29 is 4.79 Å². The van der Waals surface area contributed by atoms with Crippen molar-refractivity contribution in [3.63, 3.8) is 0 Å². The summed E-state index contributed by atoms with van der Waals surface area (Å²) >= 11 is 0. The molecule has 0 spiro atoms. The number of nitrogens with zero attached hydrogens (tertiary/aromatic N) is 3. The Balaban J connectivity index is 1.90. The average Bonchev–Trinajstić information content (AvgIpc) is 2.31. The number of rotatable bonds is 3. The van der Waals surface area contributed by atoms with Crippen molar-refractivity contribution in [2.75, 3.05) is 26.3 Å². The topological polar surface area (TPSA) is 47.9 Å². The van der Waals surface area contributed by atoms with Gasteiger partial charge in [-0.2, -0.15) is 5.10 Å². The lowest BCUT2D eigenvalue weighted by Crippen LogP contribution is -2.43. The standard InChI is InChI=1S/C11H18N4O/c1-12-15-9-13-10(7-11(15)16)8-14-5-3-2-4-6-14/h7,13H,1-6,8-9H2. The van der Waals surface area contributed by atoms with Crippen LogP contribution in [0.4, 0.5) is 0 Å². The first-order chi connectivity index (χ1) is 7.79. The number of likely N-dealkylation sites (tertiary alicyclic amines) is 1. The Hall–Kier alpha value is -1.36. The first-order valence-corrected chi connectivity index (χ1v) is 5.74. The average molecular weight is 222 g/mol. The Morgan fingerprint density at radius 3 is 2.75 bits per heavy atom. The Morgan fingerprint density at radius 1 is 1.38 bits per heavy atom. The van der Waals surface area contributed by atoms with Crippen LogP contribution in [0.3, 0.4) is 0 Å². The summed E-state index contributed by atoms with van der Waals surface area (Å²) in [6.45, 7) is 6.90. The Bertz CT molecular complexity index is 307. The first-order valence-electron chi connectivity index (χ1n) is 5.74. The lowest BCUT2D eigenvalue weighted by molar-refractivity contribution is -0.127.